The summed E-state index contributed by atoms with van der Waals surface area (Å²) in [6.07, 6.45) is 18.3. The first-order chi connectivity index (χ1) is 12.8. The van der Waals surface area contributed by atoms with Crippen LogP contribution in [0.3, 0.4) is 0 Å². The largest absolute Gasteiger partial charge is 0.444 e. The molecule has 0 aliphatic rings. The predicted octanol–water partition coefficient (Wildman–Crippen LogP) is 6.52. The first-order valence-corrected chi connectivity index (χ1v) is 11.1. The number of aliphatic hydroxyl groups is 1. The number of hydrogen-bond donors (Lipinski definition) is 2. The second kappa shape index (κ2) is 16.0. The molecule has 0 aromatic heterocycles. The van der Waals surface area contributed by atoms with E-state index in [9.17, 15) is 9.90 Å². The molecule has 0 rings (SSSR count). The van der Waals surface area contributed by atoms with E-state index in [1.165, 1.54) is 64.2 Å². The van der Waals surface area contributed by atoms with E-state index >= 15 is 0 Å². The van der Waals surface area contributed by atoms with Crippen LogP contribution in [0.2, 0.25) is 0 Å². The maximum absolute atomic E-state index is 11.7. The fourth-order valence-electron chi connectivity index (χ4n) is 2.91. The van der Waals surface area contributed by atoms with E-state index in [-0.39, 0.29) is 6.04 Å². The summed E-state index contributed by atoms with van der Waals surface area (Å²) in [5, 5.41) is 12.8. The third kappa shape index (κ3) is 18.1. The Balaban J connectivity index is 3.60. The van der Waals surface area contributed by atoms with Crippen LogP contribution >= 0.6 is 0 Å². The van der Waals surface area contributed by atoms with Gasteiger partial charge in [0.15, 0.2) is 0 Å². The zero-order chi connectivity index (χ0) is 20.5. The van der Waals surface area contributed by atoms with Gasteiger partial charge in [0.2, 0.25) is 0 Å². The van der Waals surface area contributed by atoms with Crippen LogP contribution in [0.25, 0.3) is 0 Å². The number of hydrogen-bond acceptors (Lipinski definition) is 3. The first kappa shape index (κ1) is 26.0. The number of unbranched alkanes of at least 4 members (excludes halogenated alkanes) is 11. The summed E-state index contributed by atoms with van der Waals surface area (Å²) in [5.74, 6) is 0. The normalized spacial score (nSPS) is 14.3. The van der Waals surface area contributed by atoms with Crippen molar-refractivity contribution in [1.29, 1.82) is 0 Å². The van der Waals surface area contributed by atoms with Crippen molar-refractivity contribution >= 4 is 6.09 Å². The molecule has 27 heavy (non-hydrogen) atoms. The summed E-state index contributed by atoms with van der Waals surface area (Å²) in [6, 6.07) is -0.367. The fraction of sp³-hybridized carbons (Fsp3) is 0.870. The second-order valence-electron chi connectivity index (χ2n) is 8.68. The van der Waals surface area contributed by atoms with Gasteiger partial charge in [0.05, 0.1) is 12.1 Å². The van der Waals surface area contributed by atoms with Crippen LogP contribution in [0.1, 0.15) is 112 Å². The standard InChI is InChI=1S/C23H45NO3/c1-6-7-8-9-10-11-12-13-14-15-16-17-18-19-21(25)20(2)24-22(26)27-23(3,4)5/h18-21,25H,6-17H2,1-5H3,(H,24,26)/b19-18+/t20?,21-/m0/s1. The predicted molar refractivity (Wildman–Crippen MR) is 115 cm³/mol. The maximum Gasteiger partial charge on any atom is 0.407 e. The third-order valence-corrected chi connectivity index (χ3v) is 4.56. The molecule has 0 saturated carbocycles. The minimum Gasteiger partial charge on any atom is -0.444 e. The van der Waals surface area contributed by atoms with Crippen LogP contribution < -0.4 is 5.32 Å². The van der Waals surface area contributed by atoms with Gasteiger partial charge in [-0.05, 0) is 40.5 Å². The number of carbonyl (C=O) groups is 1. The average molecular weight is 384 g/mol. The van der Waals surface area contributed by atoms with Gasteiger partial charge in [0.25, 0.3) is 0 Å². The summed E-state index contributed by atoms with van der Waals surface area (Å²) < 4.78 is 5.20. The summed E-state index contributed by atoms with van der Waals surface area (Å²) in [5.41, 5.74) is -0.528. The lowest BCUT2D eigenvalue weighted by molar-refractivity contribution is 0.0465. The zero-order valence-electron chi connectivity index (χ0n) is 18.6. The molecule has 160 valence electrons. The molecule has 2 N–H and O–H groups in total. The zero-order valence-corrected chi connectivity index (χ0v) is 18.6. The Hall–Kier alpha value is -1.03. The topological polar surface area (TPSA) is 58.6 Å². The van der Waals surface area contributed by atoms with Gasteiger partial charge in [-0.1, -0.05) is 83.3 Å². The Bertz CT molecular complexity index is 388. The van der Waals surface area contributed by atoms with Crippen molar-refractivity contribution in [3.05, 3.63) is 12.2 Å². The molecule has 0 fully saturated rings. The Labute approximate surface area is 168 Å². The number of alkyl carbamates (subject to hydrolysis) is 1. The van der Waals surface area contributed by atoms with Gasteiger partial charge in [0, 0.05) is 0 Å². The van der Waals surface area contributed by atoms with Gasteiger partial charge in [-0.15, -0.1) is 0 Å². The van der Waals surface area contributed by atoms with Gasteiger partial charge in [-0.25, -0.2) is 4.79 Å². The fourth-order valence-corrected chi connectivity index (χ4v) is 2.91. The van der Waals surface area contributed by atoms with Gasteiger partial charge < -0.3 is 15.2 Å². The molecule has 1 amide bonds. The number of carbonyl (C=O) groups excluding carboxylic acids is 1. The number of allylic oxidation sites excluding steroid dienone is 1. The van der Waals surface area contributed by atoms with Crippen molar-refractivity contribution in [2.24, 2.45) is 0 Å². The van der Waals surface area contributed by atoms with Crippen molar-refractivity contribution in [3.8, 4) is 0 Å². The average Bonchev–Trinajstić information content (AvgIpc) is 2.57. The molecule has 0 aliphatic heterocycles. The summed E-state index contributed by atoms with van der Waals surface area (Å²) >= 11 is 0. The van der Waals surface area contributed by atoms with Crippen LogP contribution in [-0.2, 0) is 4.74 Å². The van der Waals surface area contributed by atoms with Gasteiger partial charge in [0.1, 0.15) is 5.60 Å². The van der Waals surface area contributed by atoms with Gasteiger partial charge >= 0.3 is 6.09 Å². The minimum atomic E-state index is -0.690. The van der Waals surface area contributed by atoms with Crippen LogP contribution in [0.4, 0.5) is 4.79 Å². The van der Waals surface area contributed by atoms with E-state index in [2.05, 4.69) is 12.2 Å². The van der Waals surface area contributed by atoms with E-state index in [1.54, 1.807) is 13.0 Å². The van der Waals surface area contributed by atoms with E-state index in [4.69, 9.17) is 4.74 Å². The minimum absolute atomic E-state index is 0.367. The lowest BCUT2D eigenvalue weighted by Crippen LogP contribution is -2.43. The molecule has 0 aromatic rings. The van der Waals surface area contributed by atoms with Crippen LogP contribution in [0, 0.1) is 0 Å². The molecule has 4 heteroatoms. The van der Waals surface area contributed by atoms with E-state index in [1.807, 2.05) is 26.8 Å². The number of ether oxygens (including phenoxy) is 1. The molecule has 0 aliphatic carbocycles. The third-order valence-electron chi connectivity index (χ3n) is 4.56. The highest BCUT2D eigenvalue weighted by atomic mass is 16.6. The molecule has 0 aromatic carbocycles. The molecule has 0 saturated heterocycles. The van der Waals surface area contributed by atoms with Crippen molar-refractivity contribution in [3.63, 3.8) is 0 Å². The summed E-state index contributed by atoms with van der Waals surface area (Å²) in [6.45, 7) is 9.50. The second-order valence-corrected chi connectivity index (χ2v) is 8.68. The Morgan fingerprint density at radius 3 is 1.93 bits per heavy atom. The summed E-state index contributed by atoms with van der Waals surface area (Å²) in [7, 11) is 0. The number of rotatable bonds is 15. The molecule has 0 heterocycles. The smallest absolute Gasteiger partial charge is 0.407 e. The molecule has 0 spiro atoms. The monoisotopic (exact) mass is 383 g/mol. The molecule has 0 bridgehead atoms. The van der Waals surface area contributed by atoms with Crippen molar-refractivity contribution in [2.75, 3.05) is 0 Å². The van der Waals surface area contributed by atoms with Crippen molar-refractivity contribution < 1.29 is 14.6 Å². The SMILES string of the molecule is CCCCCCCCCCCCC/C=C/[C@H](O)C(C)NC(=O)OC(C)(C)C. The molecule has 2 atom stereocenters. The number of nitrogens with one attached hydrogen (secondary N) is 1. The van der Waals surface area contributed by atoms with Crippen molar-refractivity contribution in [1.82, 2.24) is 5.32 Å². The summed E-state index contributed by atoms with van der Waals surface area (Å²) in [4.78, 5) is 11.7. The van der Waals surface area contributed by atoms with E-state index < -0.39 is 17.8 Å². The Kier molecular flexibility index (Phi) is 15.4. The van der Waals surface area contributed by atoms with Crippen molar-refractivity contribution in [2.45, 2.75) is 129 Å². The molecule has 1 unspecified atom stereocenters. The quantitative estimate of drug-likeness (QED) is 0.250. The maximum atomic E-state index is 11.7. The number of aliphatic hydroxyl groups excluding tert-OH is 1. The van der Waals surface area contributed by atoms with Crippen LogP contribution in [0.5, 0.6) is 0 Å². The molecular weight excluding hydrogens is 338 g/mol. The lowest BCUT2D eigenvalue weighted by Gasteiger charge is -2.23. The lowest BCUT2D eigenvalue weighted by atomic mass is 10.0. The molecule has 0 radical (unpaired) electrons. The highest BCUT2D eigenvalue weighted by molar-refractivity contribution is 5.68. The number of amides is 1. The van der Waals surface area contributed by atoms with E-state index in [0.29, 0.717) is 0 Å². The van der Waals surface area contributed by atoms with Gasteiger partial charge in [-0.2, -0.15) is 0 Å². The van der Waals surface area contributed by atoms with Gasteiger partial charge in [-0.3, -0.25) is 0 Å². The van der Waals surface area contributed by atoms with E-state index in [0.717, 1.165) is 12.8 Å². The van der Waals surface area contributed by atoms with Crippen LogP contribution in [-0.4, -0.2) is 28.9 Å². The Morgan fingerprint density at radius 2 is 1.44 bits per heavy atom. The highest BCUT2D eigenvalue weighted by Gasteiger charge is 2.19. The van der Waals surface area contributed by atoms with Crippen LogP contribution in [0.15, 0.2) is 12.2 Å². The highest BCUT2D eigenvalue weighted by Crippen LogP contribution is 2.12. The first-order valence-electron chi connectivity index (χ1n) is 11.1. The molecule has 4 nitrogen and oxygen atoms in total. The Morgan fingerprint density at radius 1 is 0.963 bits per heavy atom. The molecular formula is C23H45NO3.